The Hall–Kier alpha value is -0.430. The maximum Gasteiger partial charge on any atom is 0.252 e. The van der Waals surface area contributed by atoms with Crippen molar-refractivity contribution >= 4 is 21.4 Å². The van der Waals surface area contributed by atoms with Crippen LogP contribution in [0.1, 0.15) is 38.0 Å². The summed E-state index contributed by atoms with van der Waals surface area (Å²) in [4.78, 5) is 1.07. The molecule has 0 amide bonds. The van der Waals surface area contributed by atoms with E-state index in [1.165, 1.54) is 15.6 Å². The van der Waals surface area contributed by atoms with Crippen molar-refractivity contribution in [3.05, 3.63) is 17.0 Å². The number of aryl methyl sites for hydroxylation is 1. The van der Waals surface area contributed by atoms with Gasteiger partial charge < -0.3 is 5.11 Å². The van der Waals surface area contributed by atoms with Crippen LogP contribution < -0.4 is 0 Å². The maximum absolute atomic E-state index is 12.7. The molecule has 19 heavy (non-hydrogen) atoms. The third kappa shape index (κ3) is 3.02. The number of hydrogen-bond acceptors (Lipinski definition) is 4. The topological polar surface area (TPSA) is 57.6 Å². The zero-order valence-corrected chi connectivity index (χ0v) is 13.0. The highest BCUT2D eigenvalue weighted by atomic mass is 32.2. The third-order valence-corrected chi connectivity index (χ3v) is 7.23. The highest BCUT2D eigenvalue weighted by molar-refractivity contribution is 7.91. The Morgan fingerprint density at radius 2 is 2.21 bits per heavy atom. The Balaban J connectivity index is 2.31. The fourth-order valence-electron chi connectivity index (χ4n) is 2.51. The van der Waals surface area contributed by atoms with Gasteiger partial charge in [0.25, 0.3) is 10.0 Å². The lowest BCUT2D eigenvalue weighted by atomic mass is 10.0. The molecule has 1 N–H and O–H groups in total. The monoisotopic (exact) mass is 303 g/mol. The van der Waals surface area contributed by atoms with Gasteiger partial charge in [-0.15, -0.1) is 11.3 Å². The quantitative estimate of drug-likeness (QED) is 0.928. The lowest BCUT2D eigenvalue weighted by Crippen LogP contribution is -2.48. The molecule has 2 rings (SSSR count). The zero-order chi connectivity index (χ0) is 14.0. The fourth-order valence-corrected chi connectivity index (χ4v) is 5.70. The van der Waals surface area contributed by atoms with Crippen LogP contribution in [-0.4, -0.2) is 36.5 Å². The van der Waals surface area contributed by atoms with Crippen molar-refractivity contribution in [1.82, 2.24) is 4.31 Å². The van der Waals surface area contributed by atoms with Gasteiger partial charge in [0.1, 0.15) is 4.21 Å². The molecule has 1 aliphatic rings. The minimum atomic E-state index is -3.45. The maximum atomic E-state index is 12.7. The molecule has 2 atom stereocenters. The lowest BCUT2D eigenvalue weighted by Gasteiger charge is -2.35. The van der Waals surface area contributed by atoms with Gasteiger partial charge in [0.15, 0.2) is 0 Å². The number of nitrogens with zero attached hydrogens (tertiary/aromatic N) is 1. The minimum absolute atomic E-state index is 0.286. The standard InChI is InChI=1S/C13H21NO3S2/c1-3-11-7-8-13(18-11)19(16,17)14-9-5-4-6-12(14)10(2)15/h7-8,10,12,15H,3-6,9H2,1-2H3/t10-,12+/m1/s1. The number of thiophene rings is 1. The van der Waals surface area contributed by atoms with Gasteiger partial charge in [0.2, 0.25) is 0 Å². The second-order valence-electron chi connectivity index (χ2n) is 4.99. The van der Waals surface area contributed by atoms with E-state index in [4.69, 9.17) is 0 Å². The number of sulfonamides is 1. The van der Waals surface area contributed by atoms with Gasteiger partial charge in [0, 0.05) is 11.4 Å². The van der Waals surface area contributed by atoms with Gasteiger partial charge >= 0.3 is 0 Å². The highest BCUT2D eigenvalue weighted by Crippen LogP contribution is 2.30. The molecular formula is C13H21NO3S2. The van der Waals surface area contributed by atoms with Crippen molar-refractivity contribution in [1.29, 1.82) is 0 Å². The molecule has 6 heteroatoms. The van der Waals surface area contributed by atoms with E-state index in [0.29, 0.717) is 10.8 Å². The van der Waals surface area contributed by atoms with Crippen molar-refractivity contribution in [2.45, 2.75) is 55.9 Å². The highest BCUT2D eigenvalue weighted by Gasteiger charge is 2.36. The molecule has 0 aromatic carbocycles. The summed E-state index contributed by atoms with van der Waals surface area (Å²) >= 11 is 1.34. The smallest absolute Gasteiger partial charge is 0.252 e. The molecule has 0 saturated carbocycles. The molecule has 1 saturated heterocycles. The molecule has 1 aromatic rings. The average Bonchev–Trinajstić information content (AvgIpc) is 2.88. The van der Waals surface area contributed by atoms with Crippen molar-refractivity contribution < 1.29 is 13.5 Å². The van der Waals surface area contributed by atoms with Crippen LogP contribution in [0.2, 0.25) is 0 Å². The molecule has 0 aliphatic carbocycles. The van der Waals surface area contributed by atoms with E-state index in [9.17, 15) is 13.5 Å². The van der Waals surface area contributed by atoms with Crippen LogP contribution >= 0.6 is 11.3 Å². The number of aliphatic hydroxyl groups is 1. The summed E-state index contributed by atoms with van der Waals surface area (Å²) in [5.74, 6) is 0. The summed E-state index contributed by atoms with van der Waals surface area (Å²) in [7, 11) is -3.45. The van der Waals surface area contributed by atoms with E-state index in [2.05, 4.69) is 0 Å². The largest absolute Gasteiger partial charge is 0.392 e. The SMILES string of the molecule is CCc1ccc(S(=O)(=O)N2CCCC[C@H]2[C@@H](C)O)s1. The first-order valence-corrected chi connectivity index (χ1v) is 9.01. The fraction of sp³-hybridized carbons (Fsp3) is 0.692. The normalized spacial score (nSPS) is 23.4. The lowest BCUT2D eigenvalue weighted by molar-refractivity contribution is 0.0832. The summed E-state index contributed by atoms with van der Waals surface area (Å²) < 4.78 is 27.2. The molecule has 0 spiro atoms. The van der Waals surface area contributed by atoms with Gasteiger partial charge in [-0.3, -0.25) is 0 Å². The molecule has 1 fully saturated rings. The minimum Gasteiger partial charge on any atom is -0.392 e. The molecule has 0 radical (unpaired) electrons. The van der Waals surface area contributed by atoms with E-state index in [1.54, 1.807) is 13.0 Å². The van der Waals surface area contributed by atoms with E-state index in [0.717, 1.165) is 30.6 Å². The molecule has 108 valence electrons. The van der Waals surface area contributed by atoms with Crippen LogP contribution in [0.15, 0.2) is 16.3 Å². The Morgan fingerprint density at radius 1 is 1.47 bits per heavy atom. The Kier molecular flexibility index (Phi) is 4.66. The van der Waals surface area contributed by atoms with Gasteiger partial charge in [-0.25, -0.2) is 8.42 Å². The van der Waals surface area contributed by atoms with Gasteiger partial charge in [-0.2, -0.15) is 4.31 Å². The van der Waals surface area contributed by atoms with E-state index < -0.39 is 16.1 Å². The van der Waals surface area contributed by atoms with Gasteiger partial charge in [-0.05, 0) is 38.3 Å². The number of hydrogen-bond donors (Lipinski definition) is 1. The van der Waals surface area contributed by atoms with E-state index in [-0.39, 0.29) is 6.04 Å². The molecule has 4 nitrogen and oxygen atoms in total. The average molecular weight is 303 g/mol. The second kappa shape index (κ2) is 5.91. The summed E-state index contributed by atoms with van der Waals surface area (Å²) in [5, 5.41) is 9.81. The number of rotatable bonds is 4. The van der Waals surface area contributed by atoms with E-state index >= 15 is 0 Å². The van der Waals surface area contributed by atoms with Crippen LogP contribution in [0.3, 0.4) is 0 Å². The number of piperidine rings is 1. The molecular weight excluding hydrogens is 282 g/mol. The molecule has 1 aromatic heterocycles. The van der Waals surface area contributed by atoms with Crippen molar-refractivity contribution in [2.75, 3.05) is 6.54 Å². The first-order chi connectivity index (χ1) is 8.96. The Labute approximate surface area is 119 Å². The molecule has 0 unspecified atom stereocenters. The van der Waals surface area contributed by atoms with Crippen LogP contribution in [0.5, 0.6) is 0 Å². The van der Waals surface area contributed by atoms with Gasteiger partial charge in [-0.1, -0.05) is 13.3 Å². The summed E-state index contributed by atoms with van der Waals surface area (Å²) in [6, 6.07) is 3.27. The predicted octanol–water partition coefficient (Wildman–Crippen LogP) is 2.23. The Bertz CT molecular complexity index is 522. The zero-order valence-electron chi connectivity index (χ0n) is 11.4. The first kappa shape index (κ1) is 15.0. The van der Waals surface area contributed by atoms with Crippen LogP contribution in [0, 0.1) is 0 Å². The summed E-state index contributed by atoms with van der Waals surface area (Å²) in [6.45, 7) is 4.20. The van der Waals surface area contributed by atoms with Gasteiger partial charge in [0.05, 0.1) is 12.1 Å². The van der Waals surface area contributed by atoms with Crippen LogP contribution in [0.4, 0.5) is 0 Å². The van der Waals surface area contributed by atoms with Crippen molar-refractivity contribution in [3.8, 4) is 0 Å². The van der Waals surface area contributed by atoms with E-state index in [1.807, 2.05) is 13.0 Å². The summed E-state index contributed by atoms with van der Waals surface area (Å²) in [6.07, 6.45) is 2.81. The molecule has 1 aliphatic heterocycles. The molecule has 2 heterocycles. The predicted molar refractivity (Wildman–Crippen MR) is 76.9 cm³/mol. The van der Waals surface area contributed by atoms with Crippen molar-refractivity contribution in [3.63, 3.8) is 0 Å². The Morgan fingerprint density at radius 3 is 2.79 bits per heavy atom. The van der Waals surface area contributed by atoms with Crippen molar-refractivity contribution in [2.24, 2.45) is 0 Å². The van der Waals surface area contributed by atoms with Crippen LogP contribution in [-0.2, 0) is 16.4 Å². The second-order valence-corrected chi connectivity index (χ2v) is 8.28. The first-order valence-electron chi connectivity index (χ1n) is 6.75. The third-order valence-electron chi connectivity index (χ3n) is 3.60. The summed E-state index contributed by atoms with van der Waals surface area (Å²) in [5.41, 5.74) is 0. The molecule has 0 bridgehead atoms. The number of aliphatic hydroxyl groups excluding tert-OH is 1. The van der Waals surface area contributed by atoms with Crippen LogP contribution in [0.25, 0.3) is 0 Å².